The van der Waals surface area contributed by atoms with Crippen LogP contribution in [0, 0.1) is 17.3 Å². The molecule has 5 fully saturated rings. The van der Waals surface area contributed by atoms with Crippen molar-refractivity contribution in [3.05, 3.63) is 0 Å². The number of fused-ring (bicyclic) bond motifs is 4. The van der Waals surface area contributed by atoms with Crippen LogP contribution in [0.1, 0.15) is 27.2 Å². The number of hydrogen-bond acceptors (Lipinski definition) is 7. The Balaban J connectivity index is 1.76. The summed E-state index contributed by atoms with van der Waals surface area (Å²) in [5.74, 6) is -2.51. The average molecular weight is 310 g/mol. The molecule has 22 heavy (non-hydrogen) atoms. The Labute approximate surface area is 126 Å². The fourth-order valence-corrected chi connectivity index (χ4v) is 5.83. The van der Waals surface area contributed by atoms with Crippen LogP contribution in [0.4, 0.5) is 0 Å². The van der Waals surface area contributed by atoms with Gasteiger partial charge in [0.1, 0.15) is 12.2 Å². The van der Waals surface area contributed by atoms with E-state index >= 15 is 0 Å². The summed E-state index contributed by atoms with van der Waals surface area (Å²) in [5, 5.41) is 21.9. The number of esters is 2. The summed E-state index contributed by atoms with van der Waals surface area (Å²) < 4.78 is 16.5. The van der Waals surface area contributed by atoms with E-state index in [2.05, 4.69) is 0 Å². The Bertz CT molecular complexity index is 638. The van der Waals surface area contributed by atoms with E-state index in [1.165, 1.54) is 0 Å². The Kier molecular flexibility index (Phi) is 1.85. The first kappa shape index (κ1) is 13.3. The second-order valence-electron chi connectivity index (χ2n) is 8.06. The molecule has 0 aromatic carbocycles. The van der Waals surface area contributed by atoms with Crippen molar-refractivity contribution in [3.63, 3.8) is 0 Å². The summed E-state index contributed by atoms with van der Waals surface area (Å²) in [6, 6.07) is 0. The van der Waals surface area contributed by atoms with Gasteiger partial charge in [0.2, 0.25) is 5.60 Å². The van der Waals surface area contributed by atoms with Crippen molar-refractivity contribution in [1.82, 2.24) is 0 Å². The summed E-state index contributed by atoms with van der Waals surface area (Å²) in [7, 11) is 0. The fourth-order valence-electron chi connectivity index (χ4n) is 5.83. The summed E-state index contributed by atoms with van der Waals surface area (Å²) >= 11 is 0. The third-order valence-electron chi connectivity index (χ3n) is 6.85. The Morgan fingerprint density at radius 1 is 1.27 bits per heavy atom. The van der Waals surface area contributed by atoms with Crippen LogP contribution in [0.3, 0.4) is 0 Å². The van der Waals surface area contributed by atoms with Gasteiger partial charge >= 0.3 is 11.9 Å². The number of carbonyl (C=O) groups excluding carboxylic acids is 2. The molecule has 5 rings (SSSR count). The minimum atomic E-state index is -1.47. The number of carbonyl (C=O) groups is 2. The summed E-state index contributed by atoms with van der Waals surface area (Å²) in [6.07, 6.45) is -1.78. The van der Waals surface area contributed by atoms with Crippen LogP contribution < -0.4 is 0 Å². The van der Waals surface area contributed by atoms with Gasteiger partial charge in [-0.25, -0.2) is 4.79 Å². The highest BCUT2D eigenvalue weighted by Gasteiger charge is 2.95. The predicted octanol–water partition coefficient (Wildman–Crippen LogP) is -0.867. The van der Waals surface area contributed by atoms with Gasteiger partial charge in [0, 0.05) is 12.3 Å². The second kappa shape index (κ2) is 3.07. The molecule has 2 bridgehead atoms. The highest BCUT2D eigenvalue weighted by atomic mass is 16.7. The van der Waals surface area contributed by atoms with E-state index in [0.717, 1.165) is 0 Å². The molecule has 0 aromatic heterocycles. The van der Waals surface area contributed by atoms with Crippen molar-refractivity contribution in [1.29, 1.82) is 0 Å². The monoisotopic (exact) mass is 310 g/mol. The van der Waals surface area contributed by atoms with Gasteiger partial charge in [-0.3, -0.25) is 4.79 Å². The van der Waals surface area contributed by atoms with E-state index in [1.54, 1.807) is 20.8 Å². The first-order chi connectivity index (χ1) is 10.1. The smallest absolute Gasteiger partial charge is 0.342 e. The molecule has 4 unspecified atom stereocenters. The zero-order valence-corrected chi connectivity index (χ0v) is 12.5. The average Bonchev–Trinajstić information content (AvgIpc) is 2.85. The topological polar surface area (TPSA) is 106 Å². The molecule has 5 aliphatic rings. The van der Waals surface area contributed by atoms with Gasteiger partial charge in [0.15, 0.2) is 6.10 Å². The van der Waals surface area contributed by atoms with Crippen molar-refractivity contribution in [3.8, 4) is 0 Å². The summed E-state index contributed by atoms with van der Waals surface area (Å²) in [6.45, 7) is 4.92. The van der Waals surface area contributed by atoms with Crippen molar-refractivity contribution in [2.75, 3.05) is 0 Å². The van der Waals surface area contributed by atoms with Crippen LogP contribution in [-0.2, 0) is 23.8 Å². The van der Waals surface area contributed by atoms with Gasteiger partial charge in [0.25, 0.3) is 0 Å². The molecule has 0 amide bonds. The van der Waals surface area contributed by atoms with Crippen LogP contribution in [0.15, 0.2) is 0 Å². The van der Waals surface area contributed by atoms with Crippen LogP contribution in [0.5, 0.6) is 0 Å². The molecule has 2 saturated carbocycles. The predicted molar refractivity (Wildman–Crippen MR) is 68.3 cm³/mol. The molecular weight excluding hydrogens is 292 g/mol. The van der Waals surface area contributed by atoms with Gasteiger partial charge < -0.3 is 24.4 Å². The van der Waals surface area contributed by atoms with E-state index in [1.807, 2.05) is 0 Å². The summed E-state index contributed by atoms with van der Waals surface area (Å²) in [5.41, 5.74) is -4.89. The van der Waals surface area contributed by atoms with Crippen molar-refractivity contribution in [2.45, 2.75) is 62.3 Å². The molecule has 0 radical (unpaired) electrons. The molecule has 120 valence electrons. The Morgan fingerprint density at radius 3 is 2.59 bits per heavy atom. The van der Waals surface area contributed by atoms with Crippen LogP contribution in [0.25, 0.3) is 0 Å². The minimum absolute atomic E-state index is 0.189. The maximum absolute atomic E-state index is 12.4. The maximum Gasteiger partial charge on any atom is 0.342 e. The van der Waals surface area contributed by atoms with Crippen molar-refractivity contribution < 1.29 is 34.0 Å². The third-order valence-corrected chi connectivity index (χ3v) is 6.85. The molecule has 2 N–H and O–H groups in total. The summed E-state index contributed by atoms with van der Waals surface area (Å²) in [4.78, 5) is 24.8. The van der Waals surface area contributed by atoms with E-state index in [0.29, 0.717) is 0 Å². The first-order valence-electron chi connectivity index (χ1n) is 7.63. The number of rotatable bonds is 1. The molecule has 0 aromatic rings. The lowest BCUT2D eigenvalue weighted by Crippen LogP contribution is -2.68. The quantitative estimate of drug-likeness (QED) is 0.479. The van der Waals surface area contributed by atoms with Crippen molar-refractivity contribution in [2.24, 2.45) is 17.3 Å². The van der Waals surface area contributed by atoms with E-state index in [9.17, 15) is 19.8 Å². The number of ether oxygens (including phenoxy) is 3. The highest BCUT2D eigenvalue weighted by molar-refractivity contribution is 5.91. The number of aliphatic hydroxyl groups is 2. The van der Waals surface area contributed by atoms with E-state index < -0.39 is 64.3 Å². The first-order valence-corrected chi connectivity index (χ1v) is 7.63. The normalized spacial score (nSPS) is 60.7. The molecule has 1 spiro atoms. The number of hydrogen-bond donors (Lipinski definition) is 2. The Hall–Kier alpha value is -1.18. The standard InChI is InChI=1S/C15H18O7/c1-12(2,18)6-7-10(16)20-8(6)9-13(3)14(7,19)4-5-15(13,22-5)11(17)21-9/h5-9,18-19H,4H2,1-3H3/t5-,6?,7+,8+,9-,13?,14?,15?/m1/s1. The van der Waals surface area contributed by atoms with E-state index in [-0.39, 0.29) is 6.42 Å². The minimum Gasteiger partial charge on any atom is -0.458 e. The van der Waals surface area contributed by atoms with Gasteiger partial charge in [-0.1, -0.05) is 0 Å². The Morgan fingerprint density at radius 2 is 1.95 bits per heavy atom. The van der Waals surface area contributed by atoms with Gasteiger partial charge in [0.05, 0.1) is 22.5 Å². The van der Waals surface area contributed by atoms with Crippen LogP contribution >= 0.6 is 0 Å². The molecule has 3 saturated heterocycles. The maximum atomic E-state index is 12.4. The lowest BCUT2D eigenvalue weighted by molar-refractivity contribution is -0.223. The van der Waals surface area contributed by atoms with Gasteiger partial charge in [-0.05, 0) is 20.8 Å². The molecule has 8 atom stereocenters. The lowest BCUT2D eigenvalue weighted by atomic mass is 9.52. The molecular formula is C15H18O7. The number of epoxide rings is 1. The zero-order chi connectivity index (χ0) is 15.9. The molecule has 2 aliphatic carbocycles. The second-order valence-corrected chi connectivity index (χ2v) is 8.06. The molecule has 3 aliphatic heterocycles. The molecule has 7 heteroatoms. The van der Waals surface area contributed by atoms with Gasteiger partial charge in [-0.15, -0.1) is 0 Å². The van der Waals surface area contributed by atoms with Crippen molar-refractivity contribution >= 4 is 11.9 Å². The highest BCUT2D eigenvalue weighted by Crippen LogP contribution is 2.77. The fraction of sp³-hybridized carbons (Fsp3) is 0.867. The van der Waals surface area contributed by atoms with Crippen LogP contribution in [0.2, 0.25) is 0 Å². The van der Waals surface area contributed by atoms with Crippen LogP contribution in [-0.4, -0.2) is 57.3 Å². The third kappa shape index (κ3) is 0.962. The van der Waals surface area contributed by atoms with E-state index in [4.69, 9.17) is 14.2 Å². The molecule has 7 nitrogen and oxygen atoms in total. The zero-order valence-electron chi connectivity index (χ0n) is 12.5. The SMILES string of the molecule is CC(C)(O)C1[C@H]2C(=O)O[C@@H]1[C@H]1OC(=O)C34O[C@@H]3CC2(O)C14C. The van der Waals surface area contributed by atoms with Gasteiger partial charge in [-0.2, -0.15) is 0 Å². The lowest BCUT2D eigenvalue weighted by Gasteiger charge is -2.53. The largest absolute Gasteiger partial charge is 0.458 e. The molecule has 3 heterocycles.